The number of aromatic nitrogens is 1. The Morgan fingerprint density at radius 3 is 2.33 bits per heavy atom. The molecule has 0 amide bonds. The molecule has 14 heteroatoms. The first-order chi connectivity index (χ1) is 15.5. The number of halogens is 3. The van der Waals surface area contributed by atoms with Crippen molar-refractivity contribution in [3.05, 3.63) is 46.8 Å². The topological polar surface area (TPSA) is 126 Å². The third-order valence-corrected chi connectivity index (χ3v) is 7.35. The molecule has 1 aromatic heterocycles. The highest BCUT2D eigenvalue weighted by atomic mass is 32.2. The van der Waals surface area contributed by atoms with E-state index in [1.54, 1.807) is 0 Å². The lowest BCUT2D eigenvalue weighted by atomic mass is 9.90. The van der Waals surface area contributed by atoms with E-state index in [2.05, 4.69) is 9.17 Å². The highest BCUT2D eigenvalue weighted by Gasteiger charge is 2.49. The standard InChI is InChI=1S/C19H19F3N2O7S2/c20-19(21,22)33(28,29)31-16-11-18(32(27)14-6-8-23-9-7-14)17(10-15(16)24(25)26)30-12-13-4-2-1-3-5-13/h6-11,13H,1-5,12H2. The number of nitro groups is 1. The number of hydrogen-bond donors (Lipinski definition) is 0. The first kappa shape index (κ1) is 24.9. The molecule has 1 unspecified atom stereocenters. The molecule has 0 N–H and O–H groups in total. The quantitative estimate of drug-likeness (QED) is 0.223. The molecule has 1 heterocycles. The Kier molecular flexibility index (Phi) is 7.57. The predicted octanol–water partition coefficient (Wildman–Crippen LogP) is 4.34. The van der Waals surface area contributed by atoms with E-state index in [9.17, 15) is 35.9 Å². The summed E-state index contributed by atoms with van der Waals surface area (Å²) in [4.78, 5) is 14.1. The van der Waals surface area contributed by atoms with Crippen LogP contribution in [0.2, 0.25) is 0 Å². The average molecular weight is 508 g/mol. The Hall–Kier alpha value is -2.74. The maximum Gasteiger partial charge on any atom is 0.534 e. The van der Waals surface area contributed by atoms with Crippen molar-refractivity contribution in [2.24, 2.45) is 5.92 Å². The van der Waals surface area contributed by atoms with Crippen LogP contribution in [0.5, 0.6) is 11.5 Å². The van der Waals surface area contributed by atoms with Crippen LogP contribution in [0.4, 0.5) is 18.9 Å². The molecule has 0 bridgehead atoms. The van der Waals surface area contributed by atoms with Gasteiger partial charge >= 0.3 is 21.3 Å². The second-order valence-corrected chi connectivity index (χ2v) is 10.3. The largest absolute Gasteiger partial charge is 0.534 e. The molecule has 0 spiro atoms. The molecule has 1 atom stereocenters. The van der Waals surface area contributed by atoms with Gasteiger partial charge in [-0.05, 0) is 30.9 Å². The Bertz CT molecular complexity index is 1140. The summed E-state index contributed by atoms with van der Waals surface area (Å²) in [5.41, 5.74) is -6.89. The third-order valence-electron chi connectivity index (χ3n) is 4.97. The number of nitro benzene ring substituents is 1. The number of rotatable bonds is 8. The number of ether oxygens (including phenoxy) is 1. The monoisotopic (exact) mass is 508 g/mol. The van der Waals surface area contributed by atoms with Gasteiger partial charge in [0.2, 0.25) is 5.75 Å². The zero-order chi connectivity index (χ0) is 24.2. The second kappa shape index (κ2) is 10.0. The first-order valence-electron chi connectivity index (χ1n) is 9.77. The lowest BCUT2D eigenvalue weighted by Gasteiger charge is -2.22. The SMILES string of the molecule is O=[N+]([O-])c1cc(OCC2CCCCC2)c(S(=O)c2ccncc2)cc1OS(=O)(=O)C(F)(F)F. The Balaban J connectivity index is 2.07. The molecule has 0 saturated heterocycles. The summed E-state index contributed by atoms with van der Waals surface area (Å²) >= 11 is 0. The Morgan fingerprint density at radius 1 is 1.12 bits per heavy atom. The molecule has 3 rings (SSSR count). The van der Waals surface area contributed by atoms with E-state index < -0.39 is 42.8 Å². The molecule has 9 nitrogen and oxygen atoms in total. The van der Waals surface area contributed by atoms with Gasteiger partial charge in [0.15, 0.2) is 0 Å². The molecule has 0 radical (unpaired) electrons. The molecule has 1 aliphatic carbocycles. The number of nitrogens with zero attached hydrogens (tertiary/aromatic N) is 2. The Labute approximate surface area is 189 Å². The summed E-state index contributed by atoms with van der Waals surface area (Å²) in [6, 6.07) is 4.11. The van der Waals surface area contributed by atoms with Crippen LogP contribution in [0.1, 0.15) is 32.1 Å². The Morgan fingerprint density at radius 2 is 1.76 bits per heavy atom. The van der Waals surface area contributed by atoms with Gasteiger partial charge in [-0.25, -0.2) is 4.21 Å². The fourth-order valence-corrected chi connectivity index (χ4v) is 4.92. The molecular formula is C19H19F3N2O7S2. The van der Waals surface area contributed by atoms with Gasteiger partial charge in [0.05, 0.1) is 33.3 Å². The normalized spacial score (nSPS) is 16.2. The molecule has 1 aliphatic rings. The van der Waals surface area contributed by atoms with E-state index >= 15 is 0 Å². The molecule has 1 saturated carbocycles. The van der Waals surface area contributed by atoms with Gasteiger partial charge in [0.25, 0.3) is 0 Å². The van der Waals surface area contributed by atoms with E-state index in [1.807, 2.05) is 0 Å². The van der Waals surface area contributed by atoms with Gasteiger partial charge in [-0.3, -0.25) is 15.1 Å². The molecule has 180 valence electrons. The van der Waals surface area contributed by atoms with Crippen LogP contribution in [0.3, 0.4) is 0 Å². The van der Waals surface area contributed by atoms with Crippen LogP contribution in [-0.4, -0.2) is 34.6 Å². The summed E-state index contributed by atoms with van der Waals surface area (Å²) in [5.74, 6) is -1.28. The van der Waals surface area contributed by atoms with E-state index in [0.717, 1.165) is 38.2 Å². The third kappa shape index (κ3) is 5.99. The zero-order valence-electron chi connectivity index (χ0n) is 17.0. The second-order valence-electron chi connectivity index (χ2n) is 7.27. The van der Waals surface area contributed by atoms with Gasteiger partial charge in [0, 0.05) is 23.4 Å². The highest BCUT2D eigenvalue weighted by Crippen LogP contribution is 2.40. The predicted molar refractivity (Wildman–Crippen MR) is 110 cm³/mol. The lowest BCUT2D eigenvalue weighted by Crippen LogP contribution is -2.28. The summed E-state index contributed by atoms with van der Waals surface area (Å²) in [5, 5.41) is 11.5. The summed E-state index contributed by atoms with van der Waals surface area (Å²) in [7, 11) is -8.30. The van der Waals surface area contributed by atoms with E-state index in [0.29, 0.717) is 6.07 Å². The summed E-state index contributed by atoms with van der Waals surface area (Å²) in [6.07, 6.45) is 7.46. The number of pyridine rings is 1. The smallest absolute Gasteiger partial charge is 0.492 e. The van der Waals surface area contributed by atoms with Crippen LogP contribution in [-0.2, 0) is 20.9 Å². The van der Waals surface area contributed by atoms with Crippen molar-refractivity contribution < 1.29 is 39.6 Å². The highest BCUT2D eigenvalue weighted by molar-refractivity contribution is 7.88. The van der Waals surface area contributed by atoms with E-state index in [1.165, 1.54) is 24.5 Å². The van der Waals surface area contributed by atoms with Gasteiger partial charge in [-0.15, -0.1) is 0 Å². The van der Waals surface area contributed by atoms with Gasteiger partial charge in [-0.1, -0.05) is 19.3 Å². The molecule has 33 heavy (non-hydrogen) atoms. The minimum absolute atomic E-state index is 0.152. The van der Waals surface area contributed by atoms with Crippen LogP contribution < -0.4 is 8.92 Å². The average Bonchev–Trinajstić information content (AvgIpc) is 2.77. The lowest BCUT2D eigenvalue weighted by molar-refractivity contribution is -0.385. The minimum atomic E-state index is -6.21. The van der Waals surface area contributed by atoms with E-state index in [4.69, 9.17) is 4.74 Å². The molecule has 1 aromatic carbocycles. The van der Waals surface area contributed by atoms with Crippen molar-refractivity contribution in [1.29, 1.82) is 0 Å². The number of alkyl halides is 3. The molecule has 2 aromatic rings. The number of hydrogen-bond acceptors (Lipinski definition) is 8. The van der Waals surface area contributed by atoms with Crippen LogP contribution in [0.25, 0.3) is 0 Å². The van der Waals surface area contributed by atoms with Crippen molar-refractivity contribution in [2.45, 2.75) is 47.4 Å². The van der Waals surface area contributed by atoms with E-state index in [-0.39, 0.29) is 28.1 Å². The fraction of sp³-hybridized carbons (Fsp3) is 0.421. The van der Waals surface area contributed by atoms with Crippen LogP contribution in [0, 0.1) is 16.0 Å². The van der Waals surface area contributed by atoms with Crippen LogP contribution in [0.15, 0.2) is 46.5 Å². The maximum atomic E-state index is 13.1. The van der Waals surface area contributed by atoms with Crippen LogP contribution >= 0.6 is 0 Å². The van der Waals surface area contributed by atoms with Gasteiger partial charge < -0.3 is 8.92 Å². The minimum Gasteiger partial charge on any atom is -0.492 e. The van der Waals surface area contributed by atoms with Crippen molar-refractivity contribution >= 4 is 26.6 Å². The van der Waals surface area contributed by atoms with Crippen molar-refractivity contribution in [2.75, 3.05) is 6.61 Å². The molecule has 1 fully saturated rings. The number of benzene rings is 1. The zero-order valence-corrected chi connectivity index (χ0v) is 18.6. The molecule has 0 aliphatic heterocycles. The fourth-order valence-electron chi connectivity index (χ4n) is 3.31. The van der Waals surface area contributed by atoms with Gasteiger partial charge in [0.1, 0.15) is 5.75 Å². The van der Waals surface area contributed by atoms with Gasteiger partial charge in [-0.2, -0.15) is 21.6 Å². The van der Waals surface area contributed by atoms with Crippen molar-refractivity contribution in [1.82, 2.24) is 4.98 Å². The summed E-state index contributed by atoms with van der Waals surface area (Å²) < 4.78 is 84.3. The van der Waals surface area contributed by atoms with Crippen molar-refractivity contribution in [3.8, 4) is 11.5 Å². The first-order valence-corrected chi connectivity index (χ1v) is 12.3. The van der Waals surface area contributed by atoms with Crippen molar-refractivity contribution in [3.63, 3.8) is 0 Å². The summed E-state index contributed by atoms with van der Waals surface area (Å²) in [6.45, 7) is 0.152. The molecular weight excluding hydrogens is 489 g/mol. The maximum absolute atomic E-state index is 13.1.